The monoisotopic (exact) mass is 562 g/mol. The van der Waals surface area contributed by atoms with Crippen LogP contribution in [0.3, 0.4) is 0 Å². The minimum Gasteiger partial charge on any atom is -0.493 e. The number of nitrogens with zero attached hydrogens (tertiary/aromatic N) is 3. The first-order valence-electron chi connectivity index (χ1n) is 12.1. The van der Waals surface area contributed by atoms with E-state index in [1.807, 2.05) is 0 Å². The molecule has 204 valence electrons. The van der Waals surface area contributed by atoms with Gasteiger partial charge in [-0.2, -0.15) is 13.5 Å². The van der Waals surface area contributed by atoms with Gasteiger partial charge in [0.05, 0.1) is 23.5 Å². The molecule has 1 heterocycles. The lowest BCUT2D eigenvalue weighted by atomic mass is 10.1. The van der Waals surface area contributed by atoms with Crippen LogP contribution in [0.2, 0.25) is 0 Å². The maximum atomic E-state index is 12.7. The second kappa shape index (κ2) is 13.4. The number of benzene rings is 2. The Bertz CT molecular complexity index is 1340. The lowest BCUT2D eigenvalue weighted by Crippen LogP contribution is -2.24. The van der Waals surface area contributed by atoms with E-state index in [1.54, 1.807) is 6.07 Å². The van der Waals surface area contributed by atoms with E-state index in [-0.39, 0.29) is 33.2 Å². The quantitative estimate of drug-likeness (QED) is 0.118. The molecule has 1 saturated heterocycles. The van der Waals surface area contributed by atoms with Crippen molar-refractivity contribution in [2.24, 2.45) is 10.2 Å². The number of carbonyl (C=O) groups is 1. The van der Waals surface area contributed by atoms with E-state index in [0.29, 0.717) is 16.3 Å². The minimum absolute atomic E-state index is 0.0669. The molecule has 1 amide bonds. The molecule has 0 aliphatic carbocycles. The van der Waals surface area contributed by atoms with E-state index in [0.717, 1.165) is 25.3 Å². The average molecular weight is 563 g/mol. The number of unbranched alkanes of at least 4 members (excludes halogenated alkanes) is 4. The number of hydrogen-bond acceptors (Lipinski definition) is 10. The zero-order valence-electron chi connectivity index (χ0n) is 21.4. The molecule has 2 aromatic rings. The molecule has 11 nitrogen and oxygen atoms in total. The van der Waals surface area contributed by atoms with Gasteiger partial charge in [-0.25, -0.2) is 0 Å². The fourth-order valence-corrected chi connectivity index (χ4v) is 5.60. The fourth-order valence-electron chi connectivity index (χ4n) is 3.66. The standard InChI is InChI=1S/C25H30N4O7S2/c1-4-5-6-7-8-9-23-24(30)27-25(37-23)28-26-16-18-11-13-21(22(14-18)35-3)36-38(33,34)19-12-10-17(2)20(15-19)29(31)32/h10-16,23H,4-9H2,1-3H3,(H,27,28,30)/b26-16+. The first-order valence-corrected chi connectivity index (χ1v) is 14.4. The SMILES string of the molecule is CCCCCCCC1S/C(=N/N=C/c2ccc(OS(=O)(=O)c3ccc(C)c([N+](=O)[O-])c3)c(OC)c2)NC1=O. The number of nitrogens with one attached hydrogen (secondary N) is 1. The maximum Gasteiger partial charge on any atom is 0.339 e. The van der Waals surface area contributed by atoms with Crippen LogP contribution in [-0.4, -0.2) is 43.0 Å². The number of aryl methyl sites for hydroxylation is 1. The van der Waals surface area contributed by atoms with Crippen molar-refractivity contribution in [2.45, 2.75) is 62.5 Å². The zero-order chi connectivity index (χ0) is 27.7. The Morgan fingerprint density at radius 1 is 1.13 bits per heavy atom. The number of carbonyl (C=O) groups excluding carboxylic acids is 1. The Hall–Kier alpha value is -3.45. The molecule has 1 N–H and O–H groups in total. The molecule has 1 atom stereocenters. The highest BCUT2D eigenvalue weighted by Crippen LogP contribution is 2.32. The highest BCUT2D eigenvalue weighted by Gasteiger charge is 2.29. The van der Waals surface area contributed by atoms with E-state index >= 15 is 0 Å². The predicted molar refractivity (Wildman–Crippen MR) is 147 cm³/mol. The van der Waals surface area contributed by atoms with Gasteiger partial charge in [0.15, 0.2) is 16.7 Å². The van der Waals surface area contributed by atoms with E-state index in [2.05, 4.69) is 22.4 Å². The average Bonchev–Trinajstić information content (AvgIpc) is 3.23. The second-order valence-corrected chi connectivity index (χ2v) is 11.3. The highest BCUT2D eigenvalue weighted by molar-refractivity contribution is 8.15. The third-order valence-corrected chi connectivity index (χ3v) is 8.13. The van der Waals surface area contributed by atoms with Gasteiger partial charge in [-0.3, -0.25) is 14.9 Å². The Labute approximate surface area is 226 Å². The van der Waals surface area contributed by atoms with Crippen LogP contribution in [-0.2, 0) is 14.9 Å². The van der Waals surface area contributed by atoms with Crippen molar-refractivity contribution >= 4 is 44.9 Å². The predicted octanol–water partition coefficient (Wildman–Crippen LogP) is 4.96. The molecule has 0 aromatic heterocycles. The normalized spacial score (nSPS) is 16.7. The van der Waals surface area contributed by atoms with Gasteiger partial charge in [-0.15, -0.1) is 5.10 Å². The van der Waals surface area contributed by atoms with Gasteiger partial charge in [-0.05, 0) is 43.2 Å². The number of hydrogen-bond donors (Lipinski definition) is 1. The van der Waals surface area contributed by atoms with Crippen LogP contribution in [0, 0.1) is 17.0 Å². The van der Waals surface area contributed by atoms with Crippen molar-refractivity contribution in [1.82, 2.24) is 5.32 Å². The zero-order valence-corrected chi connectivity index (χ0v) is 23.0. The molecule has 38 heavy (non-hydrogen) atoms. The maximum absolute atomic E-state index is 12.7. The third-order valence-electron chi connectivity index (χ3n) is 5.75. The van der Waals surface area contributed by atoms with Gasteiger partial charge < -0.3 is 14.2 Å². The van der Waals surface area contributed by atoms with Crippen LogP contribution in [0.15, 0.2) is 51.5 Å². The van der Waals surface area contributed by atoms with Crippen LogP contribution < -0.4 is 14.2 Å². The molecule has 1 aliphatic heterocycles. The van der Waals surface area contributed by atoms with Crippen LogP contribution in [0.5, 0.6) is 11.5 Å². The summed E-state index contributed by atoms with van der Waals surface area (Å²) in [6.45, 7) is 3.67. The van der Waals surface area contributed by atoms with Crippen LogP contribution in [0.25, 0.3) is 0 Å². The number of ether oxygens (including phenoxy) is 1. The number of nitro groups is 1. The number of amides is 1. The lowest BCUT2D eigenvalue weighted by molar-refractivity contribution is -0.385. The number of thioether (sulfide) groups is 1. The first kappa shape index (κ1) is 29.1. The minimum atomic E-state index is -4.36. The third kappa shape index (κ3) is 7.78. The van der Waals surface area contributed by atoms with Crippen LogP contribution in [0.4, 0.5) is 5.69 Å². The summed E-state index contributed by atoms with van der Waals surface area (Å²) in [7, 11) is -3.02. The summed E-state index contributed by atoms with van der Waals surface area (Å²) in [6.07, 6.45) is 7.88. The summed E-state index contributed by atoms with van der Waals surface area (Å²) in [5, 5.41) is 22.3. The van der Waals surface area contributed by atoms with Gasteiger partial charge in [0.25, 0.3) is 5.69 Å². The Balaban J connectivity index is 1.66. The molecule has 0 bridgehead atoms. The van der Waals surface area contributed by atoms with Gasteiger partial charge >= 0.3 is 10.1 Å². The molecule has 1 unspecified atom stereocenters. The lowest BCUT2D eigenvalue weighted by Gasteiger charge is -2.11. The van der Waals surface area contributed by atoms with Crippen molar-refractivity contribution in [1.29, 1.82) is 0 Å². The largest absolute Gasteiger partial charge is 0.493 e. The molecule has 0 spiro atoms. The number of rotatable bonds is 13. The summed E-state index contributed by atoms with van der Waals surface area (Å²) in [4.78, 5) is 22.3. The number of amidine groups is 1. The summed E-state index contributed by atoms with van der Waals surface area (Å²) in [6, 6.07) is 7.97. The van der Waals surface area contributed by atoms with Crippen LogP contribution >= 0.6 is 11.8 Å². The molecule has 2 aromatic carbocycles. The van der Waals surface area contributed by atoms with E-state index in [4.69, 9.17) is 8.92 Å². The molecule has 13 heteroatoms. The number of methoxy groups -OCH3 is 1. The summed E-state index contributed by atoms with van der Waals surface area (Å²) < 4.78 is 36.0. The first-order chi connectivity index (χ1) is 18.1. The van der Waals surface area contributed by atoms with Gasteiger partial charge in [0, 0.05) is 11.6 Å². The molecule has 1 fully saturated rings. The van der Waals surface area contributed by atoms with Gasteiger partial charge in [0.1, 0.15) is 4.90 Å². The topological polar surface area (TPSA) is 150 Å². The van der Waals surface area contributed by atoms with E-state index < -0.39 is 15.0 Å². The fraction of sp³-hybridized carbons (Fsp3) is 0.400. The van der Waals surface area contributed by atoms with Crippen molar-refractivity contribution in [2.75, 3.05) is 7.11 Å². The molecule has 0 radical (unpaired) electrons. The van der Waals surface area contributed by atoms with Gasteiger partial charge in [-0.1, -0.05) is 56.9 Å². The van der Waals surface area contributed by atoms with E-state index in [1.165, 1.54) is 75.5 Å². The molecule has 0 saturated carbocycles. The molecule has 3 rings (SSSR count). The van der Waals surface area contributed by atoms with Crippen molar-refractivity contribution < 1.29 is 27.1 Å². The van der Waals surface area contributed by atoms with E-state index in [9.17, 15) is 23.3 Å². The van der Waals surface area contributed by atoms with Crippen LogP contribution in [0.1, 0.15) is 56.6 Å². The molecular weight excluding hydrogens is 532 g/mol. The van der Waals surface area contributed by atoms with Crippen molar-refractivity contribution in [3.8, 4) is 11.5 Å². The summed E-state index contributed by atoms with van der Waals surface area (Å²) in [5.41, 5.74) is 0.542. The number of nitro benzene ring substituents is 1. The Morgan fingerprint density at radius 2 is 1.89 bits per heavy atom. The smallest absolute Gasteiger partial charge is 0.339 e. The van der Waals surface area contributed by atoms with Gasteiger partial charge in [0.2, 0.25) is 5.91 Å². The summed E-state index contributed by atoms with van der Waals surface area (Å²) in [5.74, 6) is -0.0548. The van der Waals surface area contributed by atoms with Crippen molar-refractivity contribution in [3.05, 3.63) is 57.6 Å². The Kier molecular flexibility index (Phi) is 10.2. The second-order valence-electron chi connectivity index (χ2n) is 8.60. The Morgan fingerprint density at radius 3 is 2.61 bits per heavy atom. The molecule has 1 aliphatic rings. The molecular formula is C25H30N4O7S2. The summed E-state index contributed by atoms with van der Waals surface area (Å²) >= 11 is 1.36. The highest BCUT2D eigenvalue weighted by atomic mass is 32.2. The van der Waals surface area contributed by atoms with Crippen molar-refractivity contribution in [3.63, 3.8) is 0 Å².